The van der Waals surface area contributed by atoms with Gasteiger partial charge in [0.05, 0.1) is 7.11 Å². The van der Waals surface area contributed by atoms with Crippen LogP contribution in [0.1, 0.15) is 35.9 Å². The molecule has 1 aliphatic rings. The molecular formula is C12H13N3O2. The van der Waals surface area contributed by atoms with Gasteiger partial charge in [0.25, 0.3) is 0 Å². The highest BCUT2D eigenvalue weighted by Crippen LogP contribution is 2.36. The molecule has 5 heteroatoms. The highest BCUT2D eigenvalue weighted by atomic mass is 16.5. The van der Waals surface area contributed by atoms with Crippen LogP contribution in [0.3, 0.4) is 0 Å². The van der Waals surface area contributed by atoms with Crippen LogP contribution in [-0.4, -0.2) is 27.9 Å². The topological polar surface area (TPSA) is 57.0 Å². The zero-order valence-electron chi connectivity index (χ0n) is 9.59. The van der Waals surface area contributed by atoms with E-state index in [-0.39, 0.29) is 0 Å². The summed E-state index contributed by atoms with van der Waals surface area (Å²) in [5, 5.41) is 0. The van der Waals surface area contributed by atoms with Gasteiger partial charge in [-0.25, -0.2) is 9.97 Å². The van der Waals surface area contributed by atoms with Crippen molar-refractivity contribution in [3.05, 3.63) is 18.1 Å². The van der Waals surface area contributed by atoms with Crippen molar-refractivity contribution in [1.82, 2.24) is 14.5 Å². The molecule has 1 saturated carbocycles. The monoisotopic (exact) mass is 231 g/mol. The van der Waals surface area contributed by atoms with Crippen LogP contribution in [0.5, 0.6) is 5.75 Å². The van der Waals surface area contributed by atoms with E-state index in [0.717, 1.165) is 24.8 Å². The minimum absolute atomic E-state index is 0.361. The number of pyridine rings is 1. The second kappa shape index (κ2) is 3.84. The molecule has 0 bridgehead atoms. The number of carbonyl (C=O) groups is 1. The molecule has 2 heterocycles. The first-order chi connectivity index (χ1) is 8.35. The van der Waals surface area contributed by atoms with Crippen molar-refractivity contribution in [2.75, 3.05) is 7.11 Å². The summed E-state index contributed by atoms with van der Waals surface area (Å²) in [6.07, 6.45) is 5.86. The Morgan fingerprint density at radius 2 is 2.35 bits per heavy atom. The molecular weight excluding hydrogens is 218 g/mol. The van der Waals surface area contributed by atoms with Gasteiger partial charge in [0.15, 0.2) is 23.3 Å². The fourth-order valence-corrected chi connectivity index (χ4v) is 2.24. The molecule has 1 fully saturated rings. The summed E-state index contributed by atoms with van der Waals surface area (Å²) in [6.45, 7) is 0. The van der Waals surface area contributed by atoms with E-state index in [9.17, 15) is 4.79 Å². The Labute approximate surface area is 98.4 Å². The van der Waals surface area contributed by atoms with Gasteiger partial charge in [-0.15, -0.1) is 0 Å². The molecule has 0 N–H and O–H groups in total. The highest BCUT2D eigenvalue weighted by Gasteiger charge is 2.26. The summed E-state index contributed by atoms with van der Waals surface area (Å²) in [5.74, 6) is 1.11. The van der Waals surface area contributed by atoms with Crippen molar-refractivity contribution in [2.24, 2.45) is 0 Å². The lowest BCUT2D eigenvalue weighted by atomic mass is 9.93. The van der Waals surface area contributed by atoms with Crippen LogP contribution in [0.25, 0.3) is 11.2 Å². The highest BCUT2D eigenvalue weighted by molar-refractivity contribution is 5.84. The second-order valence-electron chi connectivity index (χ2n) is 4.23. The van der Waals surface area contributed by atoms with Crippen LogP contribution in [0.4, 0.5) is 0 Å². The summed E-state index contributed by atoms with van der Waals surface area (Å²) >= 11 is 0. The standard InChI is InChI=1S/C12H13N3O2/c1-17-9-5-6-13-12-11(9)14-10(7-16)15(12)8-3-2-4-8/h5-8H,2-4H2,1H3. The van der Waals surface area contributed by atoms with Gasteiger partial charge >= 0.3 is 0 Å². The number of aromatic nitrogens is 3. The van der Waals surface area contributed by atoms with Crippen molar-refractivity contribution in [3.8, 4) is 5.75 Å². The predicted molar refractivity (Wildman–Crippen MR) is 62.4 cm³/mol. The summed E-state index contributed by atoms with van der Waals surface area (Å²) < 4.78 is 7.18. The van der Waals surface area contributed by atoms with Gasteiger partial charge in [-0.2, -0.15) is 0 Å². The Balaban J connectivity index is 2.27. The molecule has 0 amide bonds. The molecule has 0 saturated heterocycles. The zero-order valence-corrected chi connectivity index (χ0v) is 9.59. The summed E-state index contributed by atoms with van der Waals surface area (Å²) in [5.41, 5.74) is 1.42. The number of methoxy groups -OCH3 is 1. The van der Waals surface area contributed by atoms with Crippen LogP contribution in [-0.2, 0) is 0 Å². The number of rotatable bonds is 3. The summed E-state index contributed by atoms with van der Waals surface area (Å²) in [4.78, 5) is 19.7. The van der Waals surface area contributed by atoms with E-state index in [0.29, 0.717) is 23.1 Å². The van der Waals surface area contributed by atoms with Gasteiger partial charge < -0.3 is 9.30 Å². The minimum atomic E-state index is 0.361. The third kappa shape index (κ3) is 1.42. The number of nitrogens with zero attached hydrogens (tertiary/aromatic N) is 3. The predicted octanol–water partition coefficient (Wildman–Crippen LogP) is 1.98. The summed E-state index contributed by atoms with van der Waals surface area (Å²) in [7, 11) is 1.59. The van der Waals surface area contributed by atoms with Crippen molar-refractivity contribution in [1.29, 1.82) is 0 Å². The van der Waals surface area contributed by atoms with Crippen LogP contribution in [0.2, 0.25) is 0 Å². The number of hydrogen-bond acceptors (Lipinski definition) is 4. The van der Waals surface area contributed by atoms with E-state index >= 15 is 0 Å². The average molecular weight is 231 g/mol. The van der Waals surface area contributed by atoms with Gasteiger partial charge in [0, 0.05) is 18.3 Å². The lowest BCUT2D eigenvalue weighted by Crippen LogP contribution is -2.19. The van der Waals surface area contributed by atoms with Gasteiger partial charge in [-0.3, -0.25) is 4.79 Å². The van der Waals surface area contributed by atoms with Crippen LogP contribution in [0.15, 0.2) is 12.3 Å². The molecule has 2 aromatic rings. The van der Waals surface area contributed by atoms with Crippen molar-refractivity contribution in [2.45, 2.75) is 25.3 Å². The normalized spacial score (nSPS) is 15.8. The quantitative estimate of drug-likeness (QED) is 0.758. The molecule has 5 nitrogen and oxygen atoms in total. The van der Waals surface area contributed by atoms with Gasteiger partial charge in [0.1, 0.15) is 5.75 Å². The van der Waals surface area contributed by atoms with Crippen molar-refractivity contribution >= 4 is 17.5 Å². The molecule has 1 aliphatic carbocycles. The van der Waals surface area contributed by atoms with Crippen LogP contribution >= 0.6 is 0 Å². The Hall–Kier alpha value is -1.91. The first kappa shape index (κ1) is 10.3. The molecule has 17 heavy (non-hydrogen) atoms. The van der Waals surface area contributed by atoms with E-state index in [2.05, 4.69) is 9.97 Å². The molecule has 0 radical (unpaired) electrons. The average Bonchev–Trinajstić information content (AvgIpc) is 2.66. The third-order valence-electron chi connectivity index (χ3n) is 3.33. The first-order valence-corrected chi connectivity index (χ1v) is 5.71. The van der Waals surface area contributed by atoms with E-state index in [1.807, 2.05) is 4.57 Å². The Kier molecular flexibility index (Phi) is 2.31. The molecule has 3 rings (SSSR count). The van der Waals surface area contributed by atoms with Gasteiger partial charge in [-0.05, 0) is 19.3 Å². The molecule has 0 atom stereocenters. The second-order valence-corrected chi connectivity index (χ2v) is 4.23. The van der Waals surface area contributed by atoms with E-state index < -0.39 is 0 Å². The molecule has 0 aliphatic heterocycles. The van der Waals surface area contributed by atoms with Crippen LogP contribution < -0.4 is 4.74 Å². The summed E-state index contributed by atoms with van der Waals surface area (Å²) in [6, 6.07) is 2.12. The largest absolute Gasteiger partial charge is 0.494 e. The van der Waals surface area contributed by atoms with Crippen LogP contribution in [0, 0.1) is 0 Å². The number of aldehydes is 1. The van der Waals surface area contributed by atoms with E-state index in [1.54, 1.807) is 19.4 Å². The molecule has 0 unspecified atom stereocenters. The molecule has 88 valence electrons. The number of ether oxygens (including phenoxy) is 1. The molecule has 2 aromatic heterocycles. The Bertz CT molecular complexity index is 572. The zero-order chi connectivity index (χ0) is 11.8. The van der Waals surface area contributed by atoms with Gasteiger partial charge in [0.2, 0.25) is 0 Å². The maximum atomic E-state index is 11.1. The Morgan fingerprint density at radius 1 is 1.53 bits per heavy atom. The number of imidazole rings is 1. The molecule has 0 spiro atoms. The fourth-order valence-electron chi connectivity index (χ4n) is 2.24. The first-order valence-electron chi connectivity index (χ1n) is 5.71. The van der Waals surface area contributed by atoms with E-state index in [4.69, 9.17) is 4.74 Å². The fraction of sp³-hybridized carbons (Fsp3) is 0.417. The SMILES string of the molecule is COc1ccnc2c1nc(C=O)n2C1CCC1. The lowest BCUT2D eigenvalue weighted by Gasteiger charge is -2.27. The maximum absolute atomic E-state index is 11.1. The van der Waals surface area contributed by atoms with Crippen molar-refractivity contribution < 1.29 is 9.53 Å². The van der Waals surface area contributed by atoms with Gasteiger partial charge in [-0.1, -0.05) is 0 Å². The number of carbonyl (C=O) groups excluding carboxylic acids is 1. The third-order valence-corrected chi connectivity index (χ3v) is 3.33. The number of fused-ring (bicyclic) bond motifs is 1. The maximum Gasteiger partial charge on any atom is 0.185 e. The Morgan fingerprint density at radius 3 is 2.94 bits per heavy atom. The minimum Gasteiger partial charge on any atom is -0.494 e. The number of hydrogen-bond donors (Lipinski definition) is 0. The van der Waals surface area contributed by atoms with Crippen molar-refractivity contribution in [3.63, 3.8) is 0 Å². The lowest BCUT2D eigenvalue weighted by molar-refractivity contribution is 0.110. The smallest absolute Gasteiger partial charge is 0.185 e. The van der Waals surface area contributed by atoms with E-state index in [1.165, 1.54) is 6.42 Å². The molecule has 0 aromatic carbocycles.